The van der Waals surface area contributed by atoms with E-state index in [4.69, 9.17) is 4.74 Å². The van der Waals surface area contributed by atoms with Gasteiger partial charge in [0.2, 0.25) is 0 Å². The highest BCUT2D eigenvalue weighted by atomic mass is 79.9. The van der Waals surface area contributed by atoms with Gasteiger partial charge in [0.25, 0.3) is 5.91 Å². The Kier molecular flexibility index (Phi) is 5.13. The van der Waals surface area contributed by atoms with Crippen molar-refractivity contribution in [1.29, 1.82) is 0 Å². The fourth-order valence-corrected chi connectivity index (χ4v) is 2.64. The minimum Gasteiger partial charge on any atom is -0.396 e. The molecule has 0 saturated carbocycles. The van der Waals surface area contributed by atoms with Crippen LogP contribution in [-0.4, -0.2) is 42.4 Å². The number of halogens is 1. The summed E-state index contributed by atoms with van der Waals surface area (Å²) >= 11 is 3.36. The van der Waals surface area contributed by atoms with Crippen LogP contribution >= 0.6 is 15.9 Å². The number of amides is 1. The van der Waals surface area contributed by atoms with E-state index < -0.39 is 0 Å². The van der Waals surface area contributed by atoms with E-state index in [1.165, 1.54) is 0 Å². The molecule has 0 unspecified atom stereocenters. The summed E-state index contributed by atoms with van der Waals surface area (Å²) in [5, 5.41) is 15.5. The number of hydrogen-bond donors (Lipinski definition) is 3. The molecule has 1 aliphatic rings. The Morgan fingerprint density at radius 3 is 2.67 bits per heavy atom. The van der Waals surface area contributed by atoms with Crippen molar-refractivity contribution in [2.75, 3.05) is 37.0 Å². The van der Waals surface area contributed by atoms with Crippen LogP contribution in [0.5, 0.6) is 0 Å². The van der Waals surface area contributed by atoms with Gasteiger partial charge in [0.05, 0.1) is 30.8 Å². The van der Waals surface area contributed by atoms with E-state index in [2.05, 4.69) is 31.5 Å². The third-order valence-electron chi connectivity index (χ3n) is 3.94. The third kappa shape index (κ3) is 3.75. The van der Waals surface area contributed by atoms with E-state index in [-0.39, 0.29) is 17.9 Å². The molecule has 7 heteroatoms. The van der Waals surface area contributed by atoms with E-state index in [0.717, 1.165) is 4.47 Å². The Morgan fingerprint density at radius 2 is 2.04 bits per heavy atom. The molecule has 1 saturated heterocycles. The third-order valence-corrected chi connectivity index (χ3v) is 4.47. The van der Waals surface area contributed by atoms with Crippen LogP contribution in [0.2, 0.25) is 0 Å². The first kappa shape index (κ1) is 16.9. The Labute approximate surface area is 148 Å². The molecule has 1 amide bonds. The number of pyridine rings is 1. The van der Waals surface area contributed by atoms with Crippen LogP contribution in [0.25, 0.3) is 0 Å². The summed E-state index contributed by atoms with van der Waals surface area (Å²) in [7, 11) is 0. The summed E-state index contributed by atoms with van der Waals surface area (Å²) in [4.78, 5) is 16.8. The summed E-state index contributed by atoms with van der Waals surface area (Å²) in [6.07, 6.45) is 1.63. The number of aromatic nitrogens is 1. The lowest BCUT2D eigenvalue weighted by molar-refractivity contribution is -0.128. The molecular weight excluding hydrogens is 374 g/mol. The van der Waals surface area contributed by atoms with Crippen molar-refractivity contribution in [2.24, 2.45) is 5.41 Å². The molecule has 0 bridgehead atoms. The Balaban J connectivity index is 1.71. The molecule has 0 aliphatic carbocycles. The summed E-state index contributed by atoms with van der Waals surface area (Å²) in [5.41, 5.74) is 0.864. The highest BCUT2D eigenvalue weighted by Gasteiger charge is 2.38. The highest BCUT2D eigenvalue weighted by molar-refractivity contribution is 9.10. The van der Waals surface area contributed by atoms with Gasteiger partial charge in [-0.1, -0.05) is 15.9 Å². The number of carbonyl (C=O) groups excluding carboxylic acids is 1. The predicted molar refractivity (Wildman–Crippen MR) is 95.2 cm³/mol. The average Bonchev–Trinajstić information content (AvgIpc) is 2.57. The normalized spacial score (nSPS) is 15.4. The van der Waals surface area contributed by atoms with Gasteiger partial charge < -0.3 is 20.5 Å². The maximum atomic E-state index is 12.5. The van der Waals surface area contributed by atoms with Crippen molar-refractivity contribution in [3.05, 3.63) is 52.6 Å². The minimum atomic E-state index is -0.295. The molecule has 1 aromatic carbocycles. The smallest absolute Gasteiger partial charge is 0.259 e. The maximum absolute atomic E-state index is 12.5. The fraction of sp³-hybridized carbons (Fsp3) is 0.294. The molecular formula is C17H18BrN3O3. The lowest BCUT2D eigenvalue weighted by Crippen LogP contribution is -2.50. The first-order chi connectivity index (χ1) is 11.6. The number of ether oxygens (including phenoxy) is 1. The lowest BCUT2D eigenvalue weighted by atomic mass is 9.87. The quantitative estimate of drug-likeness (QED) is 0.704. The van der Waals surface area contributed by atoms with Crippen molar-refractivity contribution in [3.63, 3.8) is 0 Å². The molecule has 1 aromatic heterocycles. The summed E-state index contributed by atoms with van der Waals surface area (Å²) in [5.74, 6) is 0.252. The summed E-state index contributed by atoms with van der Waals surface area (Å²) < 4.78 is 6.13. The number of hydrogen-bond acceptors (Lipinski definition) is 5. The van der Waals surface area contributed by atoms with Gasteiger partial charge in [-0.05, 0) is 36.4 Å². The van der Waals surface area contributed by atoms with Crippen LogP contribution in [0.4, 0.5) is 11.5 Å². The largest absolute Gasteiger partial charge is 0.396 e. The Morgan fingerprint density at radius 1 is 1.29 bits per heavy atom. The van der Waals surface area contributed by atoms with Crippen LogP contribution < -0.4 is 10.6 Å². The second-order valence-corrected chi connectivity index (χ2v) is 6.78. The maximum Gasteiger partial charge on any atom is 0.259 e. The highest BCUT2D eigenvalue weighted by Crippen LogP contribution is 2.27. The van der Waals surface area contributed by atoms with Gasteiger partial charge in [0.15, 0.2) is 0 Å². The number of nitrogens with zero attached hydrogens (tertiary/aromatic N) is 1. The molecule has 6 nitrogen and oxygen atoms in total. The van der Waals surface area contributed by atoms with Gasteiger partial charge in [-0.3, -0.25) is 4.79 Å². The standard InChI is InChI=1S/C17H18BrN3O3/c18-12-3-5-13(6-4-12)21-16(23)14-2-1-7-19-15(14)20-8-17(9-22)10-24-11-17/h1-7,22H,8-11H2,(H,19,20)(H,21,23). The zero-order valence-corrected chi connectivity index (χ0v) is 14.5. The first-order valence-corrected chi connectivity index (χ1v) is 8.36. The molecule has 3 rings (SSSR count). The first-order valence-electron chi connectivity index (χ1n) is 7.56. The molecule has 0 spiro atoms. The number of rotatable bonds is 6. The van der Waals surface area contributed by atoms with Gasteiger partial charge in [0.1, 0.15) is 5.82 Å². The van der Waals surface area contributed by atoms with Crippen molar-refractivity contribution in [2.45, 2.75) is 0 Å². The van der Waals surface area contributed by atoms with Gasteiger partial charge in [-0.25, -0.2) is 4.98 Å². The molecule has 3 N–H and O–H groups in total. The van der Waals surface area contributed by atoms with E-state index >= 15 is 0 Å². The van der Waals surface area contributed by atoms with Gasteiger partial charge in [0, 0.05) is 22.9 Å². The number of benzene rings is 1. The molecule has 2 aromatic rings. The van der Waals surface area contributed by atoms with Gasteiger partial charge in [-0.15, -0.1) is 0 Å². The average molecular weight is 392 g/mol. The number of aliphatic hydroxyl groups excluding tert-OH is 1. The van der Waals surface area contributed by atoms with Crippen LogP contribution in [0, 0.1) is 5.41 Å². The lowest BCUT2D eigenvalue weighted by Gasteiger charge is -2.40. The molecule has 1 aliphatic heterocycles. The molecule has 24 heavy (non-hydrogen) atoms. The second kappa shape index (κ2) is 7.29. The topological polar surface area (TPSA) is 83.5 Å². The van der Waals surface area contributed by atoms with E-state index in [1.807, 2.05) is 24.3 Å². The molecule has 2 heterocycles. The fourth-order valence-electron chi connectivity index (χ4n) is 2.37. The zero-order chi connectivity index (χ0) is 17.0. The predicted octanol–water partition coefficient (Wildman–Crippen LogP) is 2.52. The Hall–Kier alpha value is -1.96. The van der Waals surface area contributed by atoms with Crippen molar-refractivity contribution in [3.8, 4) is 0 Å². The molecule has 1 fully saturated rings. The van der Waals surface area contributed by atoms with Gasteiger partial charge >= 0.3 is 0 Å². The Bertz CT molecular complexity index is 712. The molecule has 0 atom stereocenters. The number of aliphatic hydroxyl groups is 1. The zero-order valence-electron chi connectivity index (χ0n) is 13.0. The van der Waals surface area contributed by atoms with Crippen LogP contribution in [-0.2, 0) is 4.74 Å². The second-order valence-electron chi connectivity index (χ2n) is 5.87. The van der Waals surface area contributed by atoms with Crippen LogP contribution in [0.15, 0.2) is 47.1 Å². The van der Waals surface area contributed by atoms with Crippen molar-refractivity contribution in [1.82, 2.24) is 4.98 Å². The number of anilines is 2. The van der Waals surface area contributed by atoms with Crippen LogP contribution in [0.1, 0.15) is 10.4 Å². The summed E-state index contributed by atoms with van der Waals surface area (Å²) in [6, 6.07) is 10.8. The van der Waals surface area contributed by atoms with Crippen LogP contribution in [0.3, 0.4) is 0 Å². The summed E-state index contributed by atoms with van der Waals surface area (Å²) in [6.45, 7) is 1.54. The monoisotopic (exact) mass is 391 g/mol. The van der Waals surface area contributed by atoms with Gasteiger partial charge in [-0.2, -0.15) is 0 Å². The van der Waals surface area contributed by atoms with E-state index in [0.29, 0.717) is 36.8 Å². The number of nitrogens with one attached hydrogen (secondary N) is 2. The molecule has 0 radical (unpaired) electrons. The van der Waals surface area contributed by atoms with Crippen molar-refractivity contribution < 1.29 is 14.6 Å². The van der Waals surface area contributed by atoms with Crippen molar-refractivity contribution >= 4 is 33.3 Å². The van der Waals surface area contributed by atoms with E-state index in [9.17, 15) is 9.90 Å². The van der Waals surface area contributed by atoms with E-state index in [1.54, 1.807) is 18.3 Å². The SMILES string of the molecule is O=C(Nc1ccc(Br)cc1)c1cccnc1NCC1(CO)COC1. The number of carbonyl (C=O) groups is 1. The molecule has 126 valence electrons. The minimum absolute atomic E-state index is 0.0350.